The van der Waals surface area contributed by atoms with E-state index < -0.39 is 0 Å². The number of carbonyl (C=O) groups is 2. The Kier molecular flexibility index (Phi) is 39.6. The van der Waals surface area contributed by atoms with E-state index in [4.69, 9.17) is 0 Å². The average molecular weight is 711 g/mol. The van der Waals surface area contributed by atoms with Crippen molar-refractivity contribution in [1.29, 1.82) is 0 Å². The minimum Gasteiger partial charge on any atom is -0.395 e. The molecule has 0 unspecified atom stereocenters. The molecule has 8 nitrogen and oxygen atoms in total. The number of nitrogens with one attached hydrogen (secondary N) is 2. The van der Waals surface area contributed by atoms with Crippen LogP contribution in [0.15, 0.2) is 0 Å². The van der Waals surface area contributed by atoms with Gasteiger partial charge in [-0.3, -0.25) is 19.4 Å². The van der Waals surface area contributed by atoms with Crippen molar-refractivity contribution in [2.45, 2.75) is 194 Å². The van der Waals surface area contributed by atoms with Gasteiger partial charge in [-0.15, -0.1) is 0 Å². The predicted octanol–water partition coefficient (Wildman–Crippen LogP) is 8.77. The van der Waals surface area contributed by atoms with Gasteiger partial charge in [0.1, 0.15) is 0 Å². The Morgan fingerprint density at radius 3 is 0.900 bits per heavy atom. The third-order valence-electron chi connectivity index (χ3n) is 10.1. The van der Waals surface area contributed by atoms with Gasteiger partial charge in [0.25, 0.3) is 0 Å². The van der Waals surface area contributed by atoms with E-state index in [-0.39, 0.29) is 25.0 Å². The standard InChI is InChI=1S/C42H86N4O4/c1-3-5-7-9-11-13-15-17-19-21-23-25-27-31-43-41(49)29-33-45(37-39-47)35-36-46(38-40-48)34-30-42(50)44-32-28-26-24-22-20-18-16-14-12-10-8-6-4-2/h47-48H,3-40H2,1-2H3,(H,43,49)(H,44,50). The monoisotopic (exact) mass is 711 g/mol. The molecule has 0 atom stereocenters. The molecule has 50 heavy (non-hydrogen) atoms. The van der Waals surface area contributed by atoms with Gasteiger partial charge in [-0.25, -0.2) is 0 Å². The fourth-order valence-corrected chi connectivity index (χ4v) is 6.67. The van der Waals surface area contributed by atoms with Crippen LogP contribution < -0.4 is 10.6 Å². The molecule has 0 aromatic heterocycles. The summed E-state index contributed by atoms with van der Waals surface area (Å²) in [6, 6.07) is 0. The van der Waals surface area contributed by atoms with Crippen LogP contribution in [-0.4, -0.2) is 97.4 Å². The van der Waals surface area contributed by atoms with Crippen molar-refractivity contribution in [2.75, 3.05) is 65.6 Å². The minimum atomic E-state index is 0.0438. The van der Waals surface area contributed by atoms with E-state index in [1.165, 1.54) is 154 Å². The van der Waals surface area contributed by atoms with Crippen LogP contribution in [0.1, 0.15) is 194 Å². The molecule has 0 aliphatic rings. The van der Waals surface area contributed by atoms with Gasteiger partial charge in [0, 0.05) is 65.2 Å². The molecule has 0 aromatic carbocycles. The van der Waals surface area contributed by atoms with Gasteiger partial charge >= 0.3 is 0 Å². The van der Waals surface area contributed by atoms with E-state index >= 15 is 0 Å². The van der Waals surface area contributed by atoms with Crippen LogP contribution in [0.3, 0.4) is 0 Å². The van der Waals surface area contributed by atoms with Crippen LogP contribution in [0.4, 0.5) is 0 Å². The third kappa shape index (κ3) is 36.6. The highest BCUT2D eigenvalue weighted by molar-refractivity contribution is 5.76. The van der Waals surface area contributed by atoms with Crippen molar-refractivity contribution in [2.24, 2.45) is 0 Å². The van der Waals surface area contributed by atoms with E-state index in [1.54, 1.807) is 0 Å². The topological polar surface area (TPSA) is 105 Å². The third-order valence-corrected chi connectivity index (χ3v) is 10.1. The average Bonchev–Trinajstić information content (AvgIpc) is 3.11. The smallest absolute Gasteiger partial charge is 0.221 e. The Balaban J connectivity index is 3.88. The summed E-state index contributed by atoms with van der Waals surface area (Å²) in [5, 5.41) is 25.3. The Morgan fingerprint density at radius 1 is 0.380 bits per heavy atom. The zero-order valence-corrected chi connectivity index (χ0v) is 33.5. The van der Waals surface area contributed by atoms with E-state index in [0.29, 0.717) is 52.1 Å². The maximum absolute atomic E-state index is 12.4. The quantitative estimate of drug-likeness (QED) is 0.0473. The number of unbranched alkanes of at least 4 members (excludes halogenated alkanes) is 24. The molecule has 2 amide bonds. The second-order valence-corrected chi connectivity index (χ2v) is 14.8. The highest BCUT2D eigenvalue weighted by atomic mass is 16.3. The highest BCUT2D eigenvalue weighted by Gasteiger charge is 2.12. The van der Waals surface area contributed by atoms with Crippen molar-refractivity contribution in [3.05, 3.63) is 0 Å². The Labute approximate surface area is 310 Å². The maximum atomic E-state index is 12.4. The first-order chi connectivity index (χ1) is 24.6. The number of nitrogens with zero attached hydrogens (tertiary/aromatic N) is 2. The van der Waals surface area contributed by atoms with Crippen LogP contribution in [0.25, 0.3) is 0 Å². The molecule has 0 fully saturated rings. The fourth-order valence-electron chi connectivity index (χ4n) is 6.67. The Hall–Kier alpha value is -1.22. The Bertz CT molecular complexity index is 653. The molecule has 4 N–H and O–H groups in total. The lowest BCUT2D eigenvalue weighted by molar-refractivity contribution is -0.122. The number of aliphatic hydroxyl groups excluding tert-OH is 2. The molecular formula is C42H86N4O4. The van der Waals surface area contributed by atoms with Crippen LogP contribution in [0, 0.1) is 0 Å². The number of hydrogen-bond donors (Lipinski definition) is 4. The van der Waals surface area contributed by atoms with Crippen LogP contribution in [-0.2, 0) is 9.59 Å². The van der Waals surface area contributed by atoms with Gasteiger partial charge in [0.05, 0.1) is 13.2 Å². The molecule has 0 rings (SSSR count). The summed E-state index contributed by atoms with van der Waals surface area (Å²) in [5.74, 6) is 0.138. The zero-order chi connectivity index (χ0) is 36.6. The van der Waals surface area contributed by atoms with E-state index in [9.17, 15) is 19.8 Å². The number of amides is 2. The lowest BCUT2D eigenvalue weighted by Gasteiger charge is -2.26. The fraction of sp³-hybridized carbons (Fsp3) is 0.952. The molecule has 298 valence electrons. The van der Waals surface area contributed by atoms with Gasteiger partial charge in [-0.05, 0) is 12.8 Å². The molecule has 0 aromatic rings. The molecule has 0 heterocycles. The summed E-state index contributed by atoms with van der Waals surface area (Å²) in [5.41, 5.74) is 0. The minimum absolute atomic E-state index is 0.0438. The second kappa shape index (κ2) is 40.5. The summed E-state index contributed by atoms with van der Waals surface area (Å²) in [7, 11) is 0. The SMILES string of the molecule is CCCCCCCCCCCCCCCNC(=O)CCN(CCO)CCN(CCO)CCC(=O)NCCCCCCCCCCCCCCC. The number of rotatable bonds is 41. The number of carbonyl (C=O) groups excluding carboxylic acids is 2. The zero-order valence-electron chi connectivity index (χ0n) is 33.5. The normalized spacial score (nSPS) is 11.6. The highest BCUT2D eigenvalue weighted by Crippen LogP contribution is 2.13. The maximum Gasteiger partial charge on any atom is 0.221 e. The van der Waals surface area contributed by atoms with Crippen molar-refractivity contribution < 1.29 is 19.8 Å². The van der Waals surface area contributed by atoms with Crippen LogP contribution in [0.5, 0.6) is 0 Å². The van der Waals surface area contributed by atoms with Gasteiger partial charge in [-0.1, -0.05) is 168 Å². The van der Waals surface area contributed by atoms with Gasteiger partial charge in [0.15, 0.2) is 0 Å². The largest absolute Gasteiger partial charge is 0.395 e. The molecule has 0 aliphatic carbocycles. The molecule has 0 bridgehead atoms. The van der Waals surface area contributed by atoms with Crippen LogP contribution >= 0.6 is 0 Å². The van der Waals surface area contributed by atoms with Crippen LogP contribution in [0.2, 0.25) is 0 Å². The van der Waals surface area contributed by atoms with Gasteiger partial charge in [0.2, 0.25) is 11.8 Å². The first-order valence-electron chi connectivity index (χ1n) is 21.8. The number of aliphatic hydroxyl groups is 2. The molecule has 0 radical (unpaired) electrons. The summed E-state index contributed by atoms with van der Waals surface area (Å²) in [6.07, 6.45) is 35.1. The summed E-state index contributed by atoms with van der Waals surface area (Å²) in [6.45, 7) is 9.70. The first kappa shape index (κ1) is 48.8. The molecule has 0 spiro atoms. The summed E-state index contributed by atoms with van der Waals surface area (Å²) in [4.78, 5) is 29.1. The van der Waals surface area contributed by atoms with E-state index in [0.717, 1.165) is 25.9 Å². The van der Waals surface area contributed by atoms with Gasteiger partial charge in [-0.2, -0.15) is 0 Å². The first-order valence-corrected chi connectivity index (χ1v) is 21.8. The van der Waals surface area contributed by atoms with Crippen molar-refractivity contribution in [3.8, 4) is 0 Å². The van der Waals surface area contributed by atoms with Crippen molar-refractivity contribution in [1.82, 2.24) is 20.4 Å². The summed E-state index contributed by atoms with van der Waals surface area (Å²) >= 11 is 0. The molecule has 0 saturated carbocycles. The Morgan fingerprint density at radius 2 is 0.640 bits per heavy atom. The molecule has 8 heteroatoms. The molecule has 0 saturated heterocycles. The second-order valence-electron chi connectivity index (χ2n) is 14.8. The van der Waals surface area contributed by atoms with Gasteiger partial charge < -0.3 is 20.8 Å². The van der Waals surface area contributed by atoms with Crippen molar-refractivity contribution >= 4 is 11.8 Å². The predicted molar refractivity (Wildman–Crippen MR) is 214 cm³/mol. The summed E-state index contributed by atoms with van der Waals surface area (Å²) < 4.78 is 0. The molecular weight excluding hydrogens is 624 g/mol. The van der Waals surface area contributed by atoms with E-state index in [2.05, 4.69) is 34.3 Å². The lowest BCUT2D eigenvalue weighted by Crippen LogP contribution is -2.40. The van der Waals surface area contributed by atoms with E-state index in [1.807, 2.05) is 0 Å². The molecule has 0 aliphatic heterocycles. The lowest BCUT2D eigenvalue weighted by atomic mass is 10.0. The van der Waals surface area contributed by atoms with Crippen molar-refractivity contribution in [3.63, 3.8) is 0 Å². The number of hydrogen-bond acceptors (Lipinski definition) is 6.